The summed E-state index contributed by atoms with van der Waals surface area (Å²) in [6.07, 6.45) is 5.54. The van der Waals surface area contributed by atoms with Crippen LogP contribution < -0.4 is 5.32 Å². The van der Waals surface area contributed by atoms with E-state index in [1.54, 1.807) is 27.1 Å². The summed E-state index contributed by atoms with van der Waals surface area (Å²) in [6, 6.07) is -0.166. The number of nitrogens with one attached hydrogen (secondary N) is 1. The number of aryl methyl sites for hydroxylation is 1. The van der Waals surface area contributed by atoms with Crippen molar-refractivity contribution in [2.24, 2.45) is 0 Å². The van der Waals surface area contributed by atoms with Crippen molar-refractivity contribution in [3.8, 4) is 0 Å². The average Bonchev–Trinajstić information content (AvgIpc) is 2.71. The van der Waals surface area contributed by atoms with Crippen LogP contribution in [0.3, 0.4) is 0 Å². The Labute approximate surface area is 110 Å². The number of hydrogen-bond donors (Lipinski definition) is 1. The molecule has 5 nitrogen and oxygen atoms in total. The smallest absolute Gasteiger partial charge is 0.154 e. The van der Waals surface area contributed by atoms with E-state index in [4.69, 9.17) is 0 Å². The molecule has 0 spiro atoms. The monoisotopic (exact) mass is 273 g/mol. The Kier molecular flexibility index (Phi) is 4.55. The van der Waals surface area contributed by atoms with Crippen LogP contribution >= 0.6 is 0 Å². The maximum atomic E-state index is 11.9. The first-order valence-corrected chi connectivity index (χ1v) is 8.00. The number of aromatic nitrogens is 2. The maximum Gasteiger partial charge on any atom is 0.154 e. The van der Waals surface area contributed by atoms with Gasteiger partial charge < -0.3 is 9.88 Å². The van der Waals surface area contributed by atoms with Gasteiger partial charge in [-0.25, -0.2) is 13.4 Å². The van der Waals surface area contributed by atoms with Gasteiger partial charge in [-0.2, -0.15) is 0 Å². The lowest BCUT2D eigenvalue weighted by molar-refractivity contribution is 0.419. The van der Waals surface area contributed by atoms with Crippen LogP contribution in [-0.4, -0.2) is 42.1 Å². The van der Waals surface area contributed by atoms with Crippen LogP contribution in [0.15, 0.2) is 12.4 Å². The normalized spacial score (nSPS) is 14.7. The van der Waals surface area contributed by atoms with E-state index in [0.29, 0.717) is 6.42 Å². The second-order valence-electron chi connectivity index (χ2n) is 5.05. The molecule has 1 aromatic rings. The van der Waals surface area contributed by atoms with Crippen LogP contribution in [0, 0.1) is 0 Å². The quantitative estimate of drug-likeness (QED) is 0.835. The first kappa shape index (κ1) is 15.2. The van der Waals surface area contributed by atoms with Gasteiger partial charge in [0.15, 0.2) is 9.84 Å². The largest absolute Gasteiger partial charge is 0.335 e. The Balaban J connectivity index is 2.99. The van der Waals surface area contributed by atoms with Gasteiger partial charge in [0.1, 0.15) is 5.82 Å². The topological polar surface area (TPSA) is 64.0 Å². The van der Waals surface area contributed by atoms with Crippen LogP contribution in [0.25, 0.3) is 0 Å². The molecule has 0 saturated carbocycles. The molecule has 0 bridgehead atoms. The van der Waals surface area contributed by atoms with Crippen molar-refractivity contribution in [1.82, 2.24) is 14.9 Å². The van der Waals surface area contributed by atoms with Crippen molar-refractivity contribution < 1.29 is 8.42 Å². The van der Waals surface area contributed by atoms with E-state index in [1.807, 2.05) is 17.7 Å². The van der Waals surface area contributed by atoms with E-state index in [0.717, 1.165) is 12.4 Å². The lowest BCUT2D eigenvalue weighted by Crippen LogP contribution is -2.51. The van der Waals surface area contributed by atoms with E-state index >= 15 is 0 Å². The second-order valence-corrected chi connectivity index (χ2v) is 7.65. The molecule has 104 valence electrons. The van der Waals surface area contributed by atoms with Crippen LogP contribution in [0.2, 0.25) is 0 Å². The van der Waals surface area contributed by atoms with Gasteiger partial charge in [-0.05, 0) is 27.8 Å². The summed E-state index contributed by atoms with van der Waals surface area (Å²) >= 11 is 0. The van der Waals surface area contributed by atoms with Crippen molar-refractivity contribution in [2.45, 2.75) is 44.5 Å². The summed E-state index contributed by atoms with van der Waals surface area (Å²) < 4.78 is 24.9. The molecule has 0 aliphatic heterocycles. The van der Waals surface area contributed by atoms with E-state index in [9.17, 15) is 8.42 Å². The highest BCUT2D eigenvalue weighted by atomic mass is 32.2. The fraction of sp³-hybridized carbons (Fsp3) is 0.750. The molecule has 0 radical (unpaired) electrons. The molecule has 1 aromatic heterocycles. The standard InChI is InChI=1S/C12H23N3O2S/c1-6-15-8-7-14-11(15)9-10(13-4)12(2,3)18(5,16)17/h7-8,10,13H,6,9H2,1-5H3. The predicted molar refractivity (Wildman–Crippen MR) is 73.4 cm³/mol. The molecular formula is C12H23N3O2S. The Morgan fingerprint density at radius 2 is 2.11 bits per heavy atom. The zero-order chi connectivity index (χ0) is 14.0. The highest BCUT2D eigenvalue weighted by molar-refractivity contribution is 7.92. The summed E-state index contributed by atoms with van der Waals surface area (Å²) in [5.74, 6) is 0.911. The van der Waals surface area contributed by atoms with E-state index in [2.05, 4.69) is 10.3 Å². The Hall–Kier alpha value is -0.880. The fourth-order valence-electron chi connectivity index (χ4n) is 1.95. The van der Waals surface area contributed by atoms with Gasteiger partial charge in [0.05, 0.1) is 4.75 Å². The lowest BCUT2D eigenvalue weighted by atomic mass is 9.99. The third-order valence-corrected chi connectivity index (χ3v) is 5.87. The molecule has 1 rings (SSSR count). The Morgan fingerprint density at radius 1 is 1.50 bits per heavy atom. The molecule has 0 amide bonds. The minimum atomic E-state index is -3.14. The third kappa shape index (κ3) is 2.92. The van der Waals surface area contributed by atoms with Gasteiger partial charge >= 0.3 is 0 Å². The maximum absolute atomic E-state index is 11.9. The molecule has 0 aromatic carbocycles. The number of rotatable bonds is 6. The summed E-state index contributed by atoms with van der Waals surface area (Å²) in [4.78, 5) is 4.30. The Morgan fingerprint density at radius 3 is 2.56 bits per heavy atom. The van der Waals surface area contributed by atoms with Crippen LogP contribution in [-0.2, 0) is 22.8 Å². The molecule has 18 heavy (non-hydrogen) atoms. The van der Waals surface area contributed by atoms with Gasteiger partial charge in [0, 0.05) is 37.7 Å². The summed E-state index contributed by atoms with van der Waals surface area (Å²) in [5.41, 5.74) is 0. The summed E-state index contributed by atoms with van der Waals surface area (Å²) in [6.45, 7) is 6.39. The molecule has 0 aliphatic carbocycles. The van der Waals surface area contributed by atoms with Crippen LogP contribution in [0.5, 0.6) is 0 Å². The SMILES string of the molecule is CCn1ccnc1CC(NC)C(C)(C)S(C)(=O)=O. The van der Waals surface area contributed by atoms with Gasteiger partial charge in [0.25, 0.3) is 0 Å². The number of nitrogens with zero attached hydrogens (tertiary/aromatic N) is 2. The molecule has 1 atom stereocenters. The van der Waals surface area contributed by atoms with Crippen molar-refractivity contribution in [3.63, 3.8) is 0 Å². The van der Waals surface area contributed by atoms with Gasteiger partial charge in [-0.3, -0.25) is 0 Å². The predicted octanol–water partition coefficient (Wildman–Crippen LogP) is 0.857. The number of imidazole rings is 1. The molecular weight excluding hydrogens is 250 g/mol. The number of hydrogen-bond acceptors (Lipinski definition) is 4. The lowest BCUT2D eigenvalue weighted by Gasteiger charge is -2.32. The Bertz CT molecular complexity index is 491. The molecule has 1 N–H and O–H groups in total. The van der Waals surface area contributed by atoms with Gasteiger partial charge in [0.2, 0.25) is 0 Å². The first-order chi connectivity index (χ1) is 8.24. The van der Waals surface area contributed by atoms with E-state index in [-0.39, 0.29) is 6.04 Å². The zero-order valence-electron chi connectivity index (χ0n) is 11.8. The summed E-state index contributed by atoms with van der Waals surface area (Å²) in [5, 5.41) is 3.11. The highest BCUT2D eigenvalue weighted by Crippen LogP contribution is 2.22. The highest BCUT2D eigenvalue weighted by Gasteiger charge is 2.38. The molecule has 1 unspecified atom stereocenters. The fourth-order valence-corrected chi connectivity index (χ4v) is 2.67. The van der Waals surface area contributed by atoms with Crippen LogP contribution in [0.1, 0.15) is 26.6 Å². The number of sulfone groups is 1. The third-order valence-electron chi connectivity index (χ3n) is 3.67. The van der Waals surface area contributed by atoms with E-state index < -0.39 is 14.6 Å². The molecule has 0 saturated heterocycles. The number of likely N-dealkylation sites (N-methyl/N-ethyl adjacent to an activating group) is 1. The molecule has 0 aliphatic rings. The molecule has 0 fully saturated rings. The minimum Gasteiger partial charge on any atom is -0.335 e. The average molecular weight is 273 g/mol. The van der Waals surface area contributed by atoms with Gasteiger partial charge in [-0.15, -0.1) is 0 Å². The van der Waals surface area contributed by atoms with Crippen molar-refractivity contribution >= 4 is 9.84 Å². The van der Waals surface area contributed by atoms with Crippen molar-refractivity contribution in [1.29, 1.82) is 0 Å². The second kappa shape index (κ2) is 5.40. The first-order valence-electron chi connectivity index (χ1n) is 6.11. The van der Waals surface area contributed by atoms with Crippen molar-refractivity contribution in [3.05, 3.63) is 18.2 Å². The minimum absolute atomic E-state index is 0.166. The van der Waals surface area contributed by atoms with E-state index in [1.165, 1.54) is 6.26 Å². The van der Waals surface area contributed by atoms with Gasteiger partial charge in [-0.1, -0.05) is 0 Å². The van der Waals surface area contributed by atoms with Crippen molar-refractivity contribution in [2.75, 3.05) is 13.3 Å². The molecule has 1 heterocycles. The molecule has 6 heteroatoms. The zero-order valence-corrected chi connectivity index (χ0v) is 12.6. The van der Waals surface area contributed by atoms with Crippen LogP contribution in [0.4, 0.5) is 0 Å². The summed E-state index contributed by atoms with van der Waals surface area (Å²) in [7, 11) is -1.35.